The molecule has 0 fully saturated rings. The summed E-state index contributed by atoms with van der Waals surface area (Å²) >= 11 is 0. The Bertz CT molecular complexity index is 1060. The zero-order chi connectivity index (χ0) is 21.1. The van der Waals surface area contributed by atoms with Crippen LogP contribution in [0, 0.1) is 27.7 Å². The molecular formula is C26H34N4. The van der Waals surface area contributed by atoms with E-state index in [1.165, 1.54) is 71.8 Å². The molecule has 4 heteroatoms. The molecule has 0 aliphatic heterocycles. The smallest absolute Gasteiger partial charge is 0.107 e. The normalized spacial score (nSPS) is 11.7. The highest BCUT2D eigenvalue weighted by molar-refractivity contribution is 5.80. The highest BCUT2D eigenvalue weighted by atomic mass is 14.9. The quantitative estimate of drug-likeness (QED) is 0.302. The molecule has 0 unspecified atom stereocenters. The van der Waals surface area contributed by atoms with Crippen LogP contribution in [0.5, 0.6) is 0 Å². The lowest BCUT2D eigenvalue weighted by Gasteiger charge is -2.01. The van der Waals surface area contributed by atoms with Crippen molar-refractivity contribution in [1.82, 2.24) is 19.9 Å². The summed E-state index contributed by atoms with van der Waals surface area (Å²) in [6, 6.07) is 8.65. The molecule has 0 spiro atoms. The van der Waals surface area contributed by atoms with Gasteiger partial charge in [-0.15, -0.1) is 0 Å². The monoisotopic (exact) mass is 402 g/mol. The second kappa shape index (κ2) is 9.03. The number of hydrogen-bond donors (Lipinski definition) is 2. The van der Waals surface area contributed by atoms with Crippen molar-refractivity contribution in [2.45, 2.75) is 79.1 Å². The number of aromatic nitrogens is 4. The van der Waals surface area contributed by atoms with Crippen molar-refractivity contribution >= 4 is 22.1 Å². The summed E-state index contributed by atoms with van der Waals surface area (Å²) in [5, 5.41) is 0. The molecule has 4 nitrogen and oxygen atoms in total. The number of unbranched alkanes of at least 4 members (excludes halogenated alkanes) is 5. The number of fused-ring (bicyclic) bond motifs is 2. The van der Waals surface area contributed by atoms with Gasteiger partial charge in [-0.2, -0.15) is 0 Å². The third-order valence-corrected chi connectivity index (χ3v) is 6.53. The van der Waals surface area contributed by atoms with Crippen molar-refractivity contribution in [3.63, 3.8) is 0 Å². The molecule has 2 N–H and O–H groups in total. The van der Waals surface area contributed by atoms with E-state index >= 15 is 0 Å². The molecule has 30 heavy (non-hydrogen) atoms. The Hall–Kier alpha value is -2.62. The molecule has 0 aliphatic rings. The topological polar surface area (TPSA) is 57.4 Å². The highest BCUT2D eigenvalue weighted by Crippen LogP contribution is 2.21. The first-order chi connectivity index (χ1) is 14.5. The average Bonchev–Trinajstić information content (AvgIpc) is 3.34. The molecule has 158 valence electrons. The molecule has 2 aromatic heterocycles. The summed E-state index contributed by atoms with van der Waals surface area (Å²) in [7, 11) is 0. The number of nitrogens with zero attached hydrogens (tertiary/aromatic N) is 2. The van der Waals surface area contributed by atoms with Crippen molar-refractivity contribution in [1.29, 1.82) is 0 Å². The summed E-state index contributed by atoms with van der Waals surface area (Å²) in [6.45, 7) is 8.63. The summed E-state index contributed by atoms with van der Waals surface area (Å²) in [6.07, 6.45) is 9.67. The summed E-state index contributed by atoms with van der Waals surface area (Å²) in [4.78, 5) is 16.6. The third kappa shape index (κ3) is 4.43. The number of nitrogens with one attached hydrogen (secondary N) is 2. The highest BCUT2D eigenvalue weighted by Gasteiger charge is 2.08. The van der Waals surface area contributed by atoms with E-state index < -0.39 is 0 Å². The molecule has 0 bridgehead atoms. The van der Waals surface area contributed by atoms with Crippen molar-refractivity contribution in [3.05, 3.63) is 58.2 Å². The van der Waals surface area contributed by atoms with Gasteiger partial charge in [0.2, 0.25) is 0 Å². The minimum Gasteiger partial charge on any atom is -0.342 e. The molecule has 0 saturated heterocycles. The summed E-state index contributed by atoms with van der Waals surface area (Å²) in [5.74, 6) is 2.27. The van der Waals surface area contributed by atoms with Crippen LogP contribution >= 0.6 is 0 Å². The molecule has 0 amide bonds. The van der Waals surface area contributed by atoms with E-state index in [4.69, 9.17) is 9.97 Å². The number of aromatic amines is 2. The maximum absolute atomic E-state index is 4.82. The molecule has 4 rings (SSSR count). The van der Waals surface area contributed by atoms with Gasteiger partial charge >= 0.3 is 0 Å². The standard InChI is InChI=1S/C26H34N4/c1-17-13-15-21-25(19(17)3)29-23(27-21)11-9-7-5-6-8-10-12-24-28-22-16-14-18(2)20(4)26(22)30-24/h13-16H,5-12H2,1-4H3,(H,27,29)(H,28,30). The first-order valence-corrected chi connectivity index (χ1v) is 11.4. The molecule has 2 aromatic carbocycles. The van der Waals surface area contributed by atoms with Crippen LogP contribution < -0.4 is 0 Å². The molecule has 0 saturated carbocycles. The van der Waals surface area contributed by atoms with E-state index in [-0.39, 0.29) is 0 Å². The average molecular weight is 403 g/mol. The van der Waals surface area contributed by atoms with Crippen molar-refractivity contribution in [2.75, 3.05) is 0 Å². The van der Waals surface area contributed by atoms with Crippen LogP contribution in [0.25, 0.3) is 22.1 Å². The zero-order valence-electron chi connectivity index (χ0n) is 18.9. The van der Waals surface area contributed by atoms with Gasteiger partial charge in [0, 0.05) is 12.8 Å². The Morgan fingerprint density at radius 1 is 0.567 bits per heavy atom. The van der Waals surface area contributed by atoms with Gasteiger partial charge < -0.3 is 9.97 Å². The van der Waals surface area contributed by atoms with Crippen molar-refractivity contribution in [2.24, 2.45) is 0 Å². The van der Waals surface area contributed by atoms with Crippen LogP contribution in [-0.4, -0.2) is 19.9 Å². The van der Waals surface area contributed by atoms with Crippen LogP contribution in [0.4, 0.5) is 0 Å². The second-order valence-electron chi connectivity index (χ2n) is 8.80. The van der Waals surface area contributed by atoms with Gasteiger partial charge in [0.25, 0.3) is 0 Å². The Balaban J connectivity index is 1.15. The maximum atomic E-state index is 4.82. The Morgan fingerprint density at radius 3 is 1.40 bits per heavy atom. The van der Waals surface area contributed by atoms with E-state index in [1.54, 1.807) is 0 Å². The van der Waals surface area contributed by atoms with Crippen molar-refractivity contribution < 1.29 is 0 Å². The van der Waals surface area contributed by atoms with Crippen LogP contribution in [0.3, 0.4) is 0 Å². The lowest BCUT2D eigenvalue weighted by Crippen LogP contribution is -1.90. The van der Waals surface area contributed by atoms with Crippen molar-refractivity contribution in [3.8, 4) is 0 Å². The minimum absolute atomic E-state index is 1.05. The molecule has 0 aliphatic carbocycles. The van der Waals surface area contributed by atoms with Crippen LogP contribution in [0.15, 0.2) is 24.3 Å². The Labute approximate surface area is 179 Å². The minimum atomic E-state index is 1.05. The second-order valence-corrected chi connectivity index (χ2v) is 8.80. The Kier molecular flexibility index (Phi) is 6.21. The number of benzene rings is 2. The van der Waals surface area contributed by atoms with Crippen LogP contribution in [0.2, 0.25) is 0 Å². The lowest BCUT2D eigenvalue weighted by molar-refractivity contribution is 0.586. The van der Waals surface area contributed by atoms with Gasteiger partial charge in [-0.3, -0.25) is 0 Å². The summed E-state index contributed by atoms with van der Waals surface area (Å²) < 4.78 is 0. The Morgan fingerprint density at radius 2 is 0.967 bits per heavy atom. The van der Waals surface area contributed by atoms with E-state index in [9.17, 15) is 0 Å². The number of H-pyrrole nitrogens is 2. The first kappa shape index (κ1) is 20.6. The van der Waals surface area contributed by atoms with Gasteiger partial charge in [-0.05, 0) is 74.9 Å². The lowest BCUT2D eigenvalue weighted by atomic mass is 10.1. The largest absolute Gasteiger partial charge is 0.342 e. The van der Waals surface area contributed by atoms with Crippen LogP contribution in [-0.2, 0) is 12.8 Å². The molecule has 2 heterocycles. The molecule has 4 aromatic rings. The van der Waals surface area contributed by atoms with Crippen LogP contribution in [0.1, 0.15) is 72.4 Å². The van der Waals surface area contributed by atoms with E-state index in [1.807, 2.05) is 0 Å². The van der Waals surface area contributed by atoms with Gasteiger partial charge in [-0.25, -0.2) is 9.97 Å². The maximum Gasteiger partial charge on any atom is 0.107 e. The number of rotatable bonds is 9. The first-order valence-electron chi connectivity index (χ1n) is 11.4. The van der Waals surface area contributed by atoms with Gasteiger partial charge in [0.1, 0.15) is 11.6 Å². The molecular weight excluding hydrogens is 368 g/mol. The SMILES string of the molecule is Cc1ccc2[nH]c(CCCCCCCCc3nc4c(C)c(C)ccc4[nH]3)nc2c1C. The fraction of sp³-hybridized carbons (Fsp3) is 0.462. The number of hydrogen-bond acceptors (Lipinski definition) is 2. The number of aryl methyl sites for hydroxylation is 6. The fourth-order valence-corrected chi connectivity index (χ4v) is 4.26. The number of imidazole rings is 2. The molecule has 0 radical (unpaired) electrons. The molecule has 0 atom stereocenters. The van der Waals surface area contributed by atoms with E-state index in [2.05, 4.69) is 61.9 Å². The summed E-state index contributed by atoms with van der Waals surface area (Å²) in [5.41, 5.74) is 9.84. The van der Waals surface area contributed by atoms with Gasteiger partial charge in [-0.1, -0.05) is 37.8 Å². The van der Waals surface area contributed by atoms with E-state index in [0.717, 1.165) is 35.5 Å². The van der Waals surface area contributed by atoms with Gasteiger partial charge in [0.15, 0.2) is 0 Å². The fourth-order valence-electron chi connectivity index (χ4n) is 4.26. The van der Waals surface area contributed by atoms with E-state index in [0.29, 0.717) is 0 Å². The third-order valence-electron chi connectivity index (χ3n) is 6.53. The van der Waals surface area contributed by atoms with Gasteiger partial charge in [0.05, 0.1) is 22.1 Å². The predicted octanol–water partition coefficient (Wildman–Crippen LogP) is 6.80. The predicted molar refractivity (Wildman–Crippen MR) is 126 cm³/mol. The zero-order valence-corrected chi connectivity index (χ0v) is 18.9.